The van der Waals surface area contributed by atoms with Gasteiger partial charge in [-0.25, -0.2) is 0 Å². The maximum atomic E-state index is 6.03. The monoisotopic (exact) mass is 335 g/mol. The van der Waals surface area contributed by atoms with Crippen molar-refractivity contribution < 1.29 is 18.6 Å². The van der Waals surface area contributed by atoms with E-state index >= 15 is 0 Å². The highest BCUT2D eigenvalue weighted by Gasteiger charge is 2.36. The molecule has 134 valence electrons. The van der Waals surface area contributed by atoms with Crippen LogP contribution in [-0.4, -0.2) is 80.1 Å². The third kappa shape index (κ3) is 11.6. The maximum Gasteiger partial charge on any atom is 0.192 e. The van der Waals surface area contributed by atoms with Gasteiger partial charge in [0.1, 0.15) is 0 Å². The third-order valence-corrected chi connectivity index (χ3v) is 8.46. The first-order valence-electron chi connectivity index (χ1n) is 8.19. The highest BCUT2D eigenvalue weighted by molar-refractivity contribution is 6.74. The lowest BCUT2D eigenvalue weighted by atomic mass is 10.2. The minimum atomic E-state index is -1.64. The van der Waals surface area contributed by atoms with Crippen molar-refractivity contribution in [2.75, 3.05) is 66.9 Å². The number of hydrogen-bond donors (Lipinski definition) is 0. The topological polar surface area (TPSA) is 40.2 Å². The van der Waals surface area contributed by atoms with E-state index in [0.717, 1.165) is 13.2 Å². The number of likely N-dealkylation sites (N-methyl/N-ethyl adjacent to an activating group) is 1. The Morgan fingerprint density at radius 2 is 1.14 bits per heavy atom. The molecule has 0 aromatic heterocycles. The summed E-state index contributed by atoms with van der Waals surface area (Å²) in [6.07, 6.45) is 0. The van der Waals surface area contributed by atoms with Crippen molar-refractivity contribution in [1.29, 1.82) is 0 Å². The Labute approximate surface area is 138 Å². The molecule has 0 radical (unpaired) electrons. The summed E-state index contributed by atoms with van der Waals surface area (Å²) < 4.78 is 22.4. The van der Waals surface area contributed by atoms with E-state index in [4.69, 9.17) is 18.6 Å². The molecule has 0 saturated heterocycles. The van der Waals surface area contributed by atoms with Gasteiger partial charge in [0.2, 0.25) is 0 Å². The minimum absolute atomic E-state index is 0.253. The Hall–Kier alpha value is 0.0169. The zero-order chi connectivity index (χ0) is 17.1. The van der Waals surface area contributed by atoms with Crippen LogP contribution in [0.5, 0.6) is 0 Å². The molecule has 0 aromatic carbocycles. The van der Waals surface area contributed by atoms with Crippen LogP contribution in [0.2, 0.25) is 18.1 Å². The Bertz CT molecular complexity index is 267. The molecular formula is C16H37NO4Si. The van der Waals surface area contributed by atoms with E-state index in [1.807, 2.05) is 14.1 Å². The highest BCUT2D eigenvalue weighted by atomic mass is 28.4. The SMILES string of the molecule is CN(C)CCOCCOCCOCCO[Si](C)(C)C(C)(C)C. The average Bonchev–Trinajstić information content (AvgIpc) is 2.38. The molecule has 0 bridgehead atoms. The van der Waals surface area contributed by atoms with E-state index in [9.17, 15) is 0 Å². The molecule has 22 heavy (non-hydrogen) atoms. The lowest BCUT2D eigenvalue weighted by Crippen LogP contribution is -2.41. The maximum absolute atomic E-state index is 6.03. The number of nitrogens with zero attached hydrogens (tertiary/aromatic N) is 1. The van der Waals surface area contributed by atoms with Crippen molar-refractivity contribution in [2.45, 2.75) is 38.9 Å². The van der Waals surface area contributed by atoms with Gasteiger partial charge >= 0.3 is 0 Å². The van der Waals surface area contributed by atoms with Gasteiger partial charge in [-0.3, -0.25) is 0 Å². The lowest BCUT2D eigenvalue weighted by molar-refractivity contribution is 0.00679. The highest BCUT2D eigenvalue weighted by Crippen LogP contribution is 2.36. The summed E-state index contributed by atoms with van der Waals surface area (Å²) in [4.78, 5) is 2.10. The standard InChI is InChI=1S/C16H37NO4Si/c1-16(2,3)22(6,7)21-15-14-20-13-12-19-11-10-18-9-8-17(4)5/h8-15H2,1-7H3. The summed E-state index contributed by atoms with van der Waals surface area (Å²) in [5.41, 5.74) is 0. The normalized spacial score (nSPS) is 13.1. The van der Waals surface area contributed by atoms with E-state index in [2.05, 4.69) is 38.8 Å². The van der Waals surface area contributed by atoms with E-state index in [1.165, 1.54) is 0 Å². The number of ether oxygens (including phenoxy) is 3. The Morgan fingerprint density at radius 1 is 0.727 bits per heavy atom. The molecular weight excluding hydrogens is 298 g/mol. The van der Waals surface area contributed by atoms with E-state index in [-0.39, 0.29) is 5.04 Å². The van der Waals surface area contributed by atoms with Crippen LogP contribution in [0.3, 0.4) is 0 Å². The molecule has 0 rings (SSSR count). The van der Waals surface area contributed by atoms with Gasteiger partial charge in [0.05, 0.1) is 46.2 Å². The van der Waals surface area contributed by atoms with E-state index < -0.39 is 8.32 Å². The molecule has 0 unspecified atom stereocenters. The summed E-state index contributed by atoms with van der Waals surface area (Å²) in [6, 6.07) is 0. The van der Waals surface area contributed by atoms with Crippen molar-refractivity contribution in [3.05, 3.63) is 0 Å². The van der Waals surface area contributed by atoms with Crippen LogP contribution in [0.15, 0.2) is 0 Å². The summed E-state index contributed by atoms with van der Waals surface area (Å²) in [7, 11) is 2.43. The number of rotatable bonds is 13. The van der Waals surface area contributed by atoms with Gasteiger partial charge in [-0.1, -0.05) is 20.8 Å². The Balaban J connectivity index is 3.31. The van der Waals surface area contributed by atoms with Crippen LogP contribution in [0.1, 0.15) is 20.8 Å². The van der Waals surface area contributed by atoms with Gasteiger partial charge in [0.25, 0.3) is 0 Å². The van der Waals surface area contributed by atoms with Crippen LogP contribution in [0, 0.1) is 0 Å². The van der Waals surface area contributed by atoms with Gasteiger partial charge in [0.15, 0.2) is 8.32 Å². The fraction of sp³-hybridized carbons (Fsp3) is 1.00. The molecule has 0 aromatic rings. The minimum Gasteiger partial charge on any atom is -0.414 e. The Kier molecular flexibility index (Phi) is 11.5. The molecule has 0 amide bonds. The summed E-state index contributed by atoms with van der Waals surface area (Å²) in [6.45, 7) is 16.7. The molecule has 0 aliphatic rings. The zero-order valence-corrected chi connectivity index (χ0v) is 16.7. The molecule has 0 spiro atoms. The first kappa shape index (κ1) is 22.0. The molecule has 6 heteroatoms. The number of hydrogen-bond acceptors (Lipinski definition) is 5. The van der Waals surface area contributed by atoms with Crippen molar-refractivity contribution in [1.82, 2.24) is 4.90 Å². The molecule has 5 nitrogen and oxygen atoms in total. The van der Waals surface area contributed by atoms with E-state index in [0.29, 0.717) is 39.6 Å². The second-order valence-electron chi connectivity index (χ2n) is 7.25. The fourth-order valence-corrected chi connectivity index (χ4v) is 2.39. The van der Waals surface area contributed by atoms with Crippen molar-refractivity contribution in [3.8, 4) is 0 Å². The quantitative estimate of drug-likeness (QED) is 0.382. The van der Waals surface area contributed by atoms with Gasteiger partial charge < -0.3 is 23.5 Å². The van der Waals surface area contributed by atoms with Crippen LogP contribution in [-0.2, 0) is 18.6 Å². The van der Waals surface area contributed by atoms with Crippen LogP contribution < -0.4 is 0 Å². The van der Waals surface area contributed by atoms with Crippen LogP contribution in [0.4, 0.5) is 0 Å². The summed E-state index contributed by atoms with van der Waals surface area (Å²) >= 11 is 0. The van der Waals surface area contributed by atoms with Gasteiger partial charge in [-0.05, 0) is 32.2 Å². The summed E-state index contributed by atoms with van der Waals surface area (Å²) in [5.74, 6) is 0. The first-order valence-corrected chi connectivity index (χ1v) is 11.1. The molecule has 0 aliphatic heterocycles. The predicted molar refractivity (Wildman–Crippen MR) is 94.2 cm³/mol. The van der Waals surface area contributed by atoms with Crippen molar-refractivity contribution in [3.63, 3.8) is 0 Å². The van der Waals surface area contributed by atoms with Gasteiger partial charge in [-0.15, -0.1) is 0 Å². The lowest BCUT2D eigenvalue weighted by Gasteiger charge is -2.36. The van der Waals surface area contributed by atoms with Crippen LogP contribution >= 0.6 is 0 Å². The molecule has 0 atom stereocenters. The Morgan fingerprint density at radius 3 is 1.55 bits per heavy atom. The largest absolute Gasteiger partial charge is 0.414 e. The molecule has 0 N–H and O–H groups in total. The second-order valence-corrected chi connectivity index (χ2v) is 12.1. The van der Waals surface area contributed by atoms with Crippen molar-refractivity contribution in [2.24, 2.45) is 0 Å². The molecule has 0 aliphatic carbocycles. The third-order valence-electron chi connectivity index (χ3n) is 3.92. The molecule has 0 fully saturated rings. The average molecular weight is 336 g/mol. The smallest absolute Gasteiger partial charge is 0.192 e. The predicted octanol–water partition coefficient (Wildman–Crippen LogP) is 2.62. The second kappa shape index (κ2) is 11.5. The van der Waals surface area contributed by atoms with Crippen LogP contribution in [0.25, 0.3) is 0 Å². The molecule has 0 saturated carbocycles. The van der Waals surface area contributed by atoms with E-state index in [1.54, 1.807) is 0 Å². The summed E-state index contributed by atoms with van der Waals surface area (Å²) in [5, 5.41) is 0.253. The first-order chi connectivity index (χ1) is 10.2. The van der Waals surface area contributed by atoms with Gasteiger partial charge in [0, 0.05) is 6.54 Å². The molecule has 0 heterocycles. The fourth-order valence-electron chi connectivity index (χ4n) is 1.36. The van der Waals surface area contributed by atoms with Crippen molar-refractivity contribution >= 4 is 8.32 Å². The van der Waals surface area contributed by atoms with Gasteiger partial charge in [-0.2, -0.15) is 0 Å². The zero-order valence-electron chi connectivity index (χ0n) is 15.7.